The molecule has 5 heteroatoms. The molecular formula is C14H26N2O2S. The molecule has 1 spiro atoms. The van der Waals surface area contributed by atoms with Crippen molar-refractivity contribution in [1.82, 2.24) is 4.90 Å². The van der Waals surface area contributed by atoms with E-state index in [1.165, 1.54) is 38.5 Å². The average Bonchev–Trinajstić information content (AvgIpc) is 2.96. The Kier molecular flexibility index (Phi) is 3.43. The van der Waals surface area contributed by atoms with E-state index in [-0.39, 0.29) is 11.3 Å². The van der Waals surface area contributed by atoms with Crippen LogP contribution >= 0.6 is 0 Å². The predicted octanol–water partition coefficient (Wildman–Crippen LogP) is 1.16. The smallest absolute Gasteiger partial charge is 0.152 e. The molecule has 1 unspecified atom stereocenters. The first-order valence-electron chi connectivity index (χ1n) is 7.65. The summed E-state index contributed by atoms with van der Waals surface area (Å²) in [6.45, 7) is 2.58. The lowest BCUT2D eigenvalue weighted by Crippen LogP contribution is -2.58. The molecule has 1 atom stereocenters. The minimum absolute atomic E-state index is 0.251. The Morgan fingerprint density at radius 3 is 2.11 bits per heavy atom. The predicted molar refractivity (Wildman–Crippen MR) is 76.8 cm³/mol. The molecule has 3 fully saturated rings. The van der Waals surface area contributed by atoms with Crippen LogP contribution in [0.25, 0.3) is 0 Å². The molecule has 19 heavy (non-hydrogen) atoms. The molecule has 0 bridgehead atoms. The molecule has 2 saturated heterocycles. The first kappa shape index (κ1) is 13.8. The minimum atomic E-state index is -2.86. The standard InChI is InChI=1S/C14H26N2O2S/c15-11-14(7-10-19(17,18)12-14)16-8-5-13(6-9-16)3-1-2-4-13/h1-12,15H2. The normalized spacial score (nSPS) is 37.9. The van der Waals surface area contributed by atoms with Gasteiger partial charge in [-0.05, 0) is 50.6 Å². The molecular weight excluding hydrogens is 260 g/mol. The molecule has 110 valence electrons. The SMILES string of the molecule is NCC1(N2CCC3(CCCC3)CC2)CCS(=O)(=O)C1. The second kappa shape index (κ2) is 4.71. The van der Waals surface area contributed by atoms with Crippen molar-refractivity contribution in [3.05, 3.63) is 0 Å². The highest BCUT2D eigenvalue weighted by atomic mass is 32.2. The van der Waals surface area contributed by atoms with E-state index in [9.17, 15) is 8.42 Å². The van der Waals surface area contributed by atoms with Crippen LogP contribution in [0.15, 0.2) is 0 Å². The maximum atomic E-state index is 11.8. The average molecular weight is 286 g/mol. The van der Waals surface area contributed by atoms with Gasteiger partial charge in [0.1, 0.15) is 0 Å². The number of sulfone groups is 1. The molecule has 0 radical (unpaired) electrons. The number of hydrogen-bond donors (Lipinski definition) is 1. The molecule has 4 nitrogen and oxygen atoms in total. The van der Waals surface area contributed by atoms with Crippen molar-refractivity contribution in [2.75, 3.05) is 31.1 Å². The highest BCUT2D eigenvalue weighted by molar-refractivity contribution is 7.91. The monoisotopic (exact) mass is 286 g/mol. The zero-order valence-corrected chi connectivity index (χ0v) is 12.6. The Labute approximate surface area is 116 Å². The first-order valence-corrected chi connectivity index (χ1v) is 9.47. The third-order valence-electron chi connectivity index (χ3n) is 5.91. The number of rotatable bonds is 2. The van der Waals surface area contributed by atoms with Crippen molar-refractivity contribution in [3.8, 4) is 0 Å². The van der Waals surface area contributed by atoms with Crippen LogP contribution in [0.5, 0.6) is 0 Å². The molecule has 2 N–H and O–H groups in total. The van der Waals surface area contributed by atoms with E-state index < -0.39 is 9.84 Å². The van der Waals surface area contributed by atoms with Crippen LogP contribution in [0.1, 0.15) is 44.9 Å². The summed E-state index contributed by atoms with van der Waals surface area (Å²) in [5, 5.41) is 0. The lowest BCUT2D eigenvalue weighted by Gasteiger charge is -2.47. The van der Waals surface area contributed by atoms with Crippen LogP contribution in [-0.4, -0.2) is 50.0 Å². The van der Waals surface area contributed by atoms with Gasteiger partial charge in [-0.3, -0.25) is 4.90 Å². The molecule has 2 aliphatic heterocycles. The van der Waals surface area contributed by atoms with E-state index in [1.807, 2.05) is 0 Å². The second-order valence-corrected chi connectivity index (χ2v) is 9.15. The molecule has 0 aromatic carbocycles. The van der Waals surface area contributed by atoms with Crippen LogP contribution in [0, 0.1) is 5.41 Å². The molecule has 0 aromatic rings. The van der Waals surface area contributed by atoms with Gasteiger partial charge in [-0.2, -0.15) is 0 Å². The van der Waals surface area contributed by atoms with Crippen molar-refractivity contribution < 1.29 is 8.42 Å². The van der Waals surface area contributed by atoms with Crippen LogP contribution in [0.2, 0.25) is 0 Å². The summed E-state index contributed by atoms with van der Waals surface area (Å²) in [4.78, 5) is 2.40. The van der Waals surface area contributed by atoms with Gasteiger partial charge in [0.05, 0.1) is 11.5 Å². The van der Waals surface area contributed by atoms with E-state index in [1.54, 1.807) is 0 Å². The van der Waals surface area contributed by atoms with Crippen LogP contribution in [-0.2, 0) is 9.84 Å². The van der Waals surface area contributed by atoms with Gasteiger partial charge in [0.2, 0.25) is 0 Å². The highest BCUT2D eigenvalue weighted by Gasteiger charge is 2.48. The number of likely N-dealkylation sites (tertiary alicyclic amines) is 1. The summed E-state index contributed by atoms with van der Waals surface area (Å²) in [5.74, 6) is 0.606. The zero-order chi connectivity index (χ0) is 13.6. The molecule has 0 aromatic heterocycles. The fraction of sp³-hybridized carbons (Fsp3) is 1.00. The van der Waals surface area contributed by atoms with Crippen LogP contribution in [0.3, 0.4) is 0 Å². The number of nitrogens with zero attached hydrogens (tertiary/aromatic N) is 1. The van der Waals surface area contributed by atoms with Gasteiger partial charge in [0.25, 0.3) is 0 Å². The van der Waals surface area contributed by atoms with Gasteiger partial charge >= 0.3 is 0 Å². The molecule has 0 amide bonds. The van der Waals surface area contributed by atoms with E-state index in [0.29, 0.717) is 17.7 Å². The van der Waals surface area contributed by atoms with Gasteiger partial charge in [-0.15, -0.1) is 0 Å². The molecule has 2 heterocycles. The summed E-state index contributed by atoms with van der Waals surface area (Å²) < 4.78 is 23.6. The summed E-state index contributed by atoms with van der Waals surface area (Å²) in [7, 11) is -2.86. The maximum Gasteiger partial charge on any atom is 0.152 e. The lowest BCUT2D eigenvalue weighted by molar-refractivity contribution is 0.0349. The Bertz CT molecular complexity index is 432. The summed E-state index contributed by atoms with van der Waals surface area (Å²) >= 11 is 0. The van der Waals surface area contributed by atoms with Crippen molar-refractivity contribution in [1.29, 1.82) is 0 Å². The fourth-order valence-electron chi connectivity index (χ4n) is 4.52. The first-order chi connectivity index (χ1) is 8.99. The summed E-state index contributed by atoms with van der Waals surface area (Å²) in [6, 6.07) is 0. The summed E-state index contributed by atoms with van der Waals surface area (Å²) in [5.41, 5.74) is 6.30. The van der Waals surface area contributed by atoms with Crippen molar-refractivity contribution in [3.63, 3.8) is 0 Å². The van der Waals surface area contributed by atoms with Crippen LogP contribution < -0.4 is 5.73 Å². The van der Waals surface area contributed by atoms with E-state index in [4.69, 9.17) is 5.73 Å². The minimum Gasteiger partial charge on any atom is -0.329 e. The van der Waals surface area contributed by atoms with E-state index in [0.717, 1.165) is 19.5 Å². The summed E-state index contributed by atoms with van der Waals surface area (Å²) in [6.07, 6.45) is 8.76. The maximum absolute atomic E-state index is 11.8. The van der Waals surface area contributed by atoms with E-state index >= 15 is 0 Å². The Hall–Kier alpha value is -0.130. The lowest BCUT2D eigenvalue weighted by atomic mass is 9.76. The molecule has 3 rings (SSSR count). The van der Waals surface area contributed by atoms with Crippen molar-refractivity contribution in [2.24, 2.45) is 11.1 Å². The topological polar surface area (TPSA) is 63.4 Å². The van der Waals surface area contributed by atoms with Gasteiger partial charge in [0, 0.05) is 12.1 Å². The Morgan fingerprint density at radius 2 is 1.63 bits per heavy atom. The van der Waals surface area contributed by atoms with Crippen molar-refractivity contribution in [2.45, 2.75) is 50.5 Å². The third kappa shape index (κ3) is 2.45. The number of nitrogens with two attached hydrogens (primary N) is 1. The quantitative estimate of drug-likeness (QED) is 0.827. The Morgan fingerprint density at radius 1 is 1.00 bits per heavy atom. The Balaban J connectivity index is 1.70. The number of piperidine rings is 1. The molecule has 3 aliphatic rings. The third-order valence-corrected chi connectivity index (χ3v) is 7.71. The van der Waals surface area contributed by atoms with E-state index in [2.05, 4.69) is 4.90 Å². The van der Waals surface area contributed by atoms with Gasteiger partial charge in [-0.1, -0.05) is 12.8 Å². The number of hydrogen-bond acceptors (Lipinski definition) is 4. The second-order valence-electron chi connectivity index (χ2n) is 6.96. The van der Waals surface area contributed by atoms with Crippen LogP contribution in [0.4, 0.5) is 0 Å². The van der Waals surface area contributed by atoms with Gasteiger partial charge in [-0.25, -0.2) is 8.42 Å². The largest absolute Gasteiger partial charge is 0.329 e. The van der Waals surface area contributed by atoms with Gasteiger partial charge < -0.3 is 5.73 Å². The highest BCUT2D eigenvalue weighted by Crippen LogP contribution is 2.47. The molecule has 1 aliphatic carbocycles. The fourth-order valence-corrected chi connectivity index (χ4v) is 6.62. The molecule has 1 saturated carbocycles. The van der Waals surface area contributed by atoms with Crippen molar-refractivity contribution >= 4 is 9.84 Å². The van der Waals surface area contributed by atoms with Gasteiger partial charge in [0.15, 0.2) is 9.84 Å². The zero-order valence-electron chi connectivity index (χ0n) is 11.7.